The van der Waals surface area contributed by atoms with Crippen molar-refractivity contribution in [2.75, 3.05) is 0 Å². The van der Waals surface area contributed by atoms with Gasteiger partial charge in [-0.25, -0.2) is 15.0 Å². The number of benzene rings is 7. The molecule has 0 radical (unpaired) electrons. The zero-order chi connectivity index (χ0) is 36.4. The number of nitrogens with zero attached hydrogens (tertiary/aromatic N) is 4. The fourth-order valence-corrected chi connectivity index (χ4v) is 7.46. The number of halogens is 3. The Balaban J connectivity index is 1.15. The van der Waals surface area contributed by atoms with E-state index in [1.165, 1.54) is 22.9 Å². The minimum atomic E-state index is -4.48. The SMILES string of the molecule is FC(F)(F)c1ccccc1-c1ccc(-c2nc(-c3ccccc3)nc(-c3cccc4oc5ccc(-n6c7ccccc7c7ccccc76)cc5c34)n2)cc1. The van der Waals surface area contributed by atoms with E-state index in [0.717, 1.165) is 50.3 Å². The van der Waals surface area contributed by atoms with E-state index < -0.39 is 11.7 Å². The van der Waals surface area contributed by atoms with Gasteiger partial charge in [0.2, 0.25) is 0 Å². The summed E-state index contributed by atoms with van der Waals surface area (Å²) in [7, 11) is 0. The van der Waals surface area contributed by atoms with Crippen LogP contribution in [0.5, 0.6) is 0 Å². The van der Waals surface area contributed by atoms with E-state index in [2.05, 4.69) is 65.2 Å². The monoisotopic (exact) mass is 708 g/mol. The van der Waals surface area contributed by atoms with Gasteiger partial charge in [-0.1, -0.05) is 121 Å². The maximum Gasteiger partial charge on any atom is 0.417 e. The summed E-state index contributed by atoms with van der Waals surface area (Å²) >= 11 is 0. The van der Waals surface area contributed by atoms with Gasteiger partial charge >= 0.3 is 6.18 Å². The van der Waals surface area contributed by atoms with Gasteiger partial charge in [-0.2, -0.15) is 13.2 Å². The lowest BCUT2D eigenvalue weighted by Crippen LogP contribution is -2.06. The fourth-order valence-electron chi connectivity index (χ4n) is 7.46. The van der Waals surface area contributed by atoms with Gasteiger partial charge in [0.15, 0.2) is 17.5 Å². The van der Waals surface area contributed by atoms with Crippen LogP contribution in [0, 0.1) is 0 Å². The first-order valence-corrected chi connectivity index (χ1v) is 17.4. The molecule has 0 aliphatic carbocycles. The van der Waals surface area contributed by atoms with Gasteiger partial charge in [-0.15, -0.1) is 0 Å². The Morgan fingerprint density at radius 1 is 0.444 bits per heavy atom. The molecule has 3 heterocycles. The van der Waals surface area contributed by atoms with Gasteiger partial charge < -0.3 is 8.98 Å². The lowest BCUT2D eigenvalue weighted by Gasteiger charge is -2.13. The molecule has 258 valence electrons. The third kappa shape index (κ3) is 5.22. The molecule has 0 aliphatic rings. The highest BCUT2D eigenvalue weighted by atomic mass is 19.4. The van der Waals surface area contributed by atoms with Gasteiger partial charge in [-0.3, -0.25) is 0 Å². The van der Waals surface area contributed by atoms with Crippen LogP contribution in [0.4, 0.5) is 13.2 Å². The molecule has 10 rings (SSSR count). The number of aromatic nitrogens is 4. The van der Waals surface area contributed by atoms with Gasteiger partial charge in [-0.05, 0) is 53.6 Å². The van der Waals surface area contributed by atoms with Crippen LogP contribution in [-0.2, 0) is 6.18 Å². The highest BCUT2D eigenvalue weighted by Crippen LogP contribution is 2.40. The number of hydrogen-bond acceptors (Lipinski definition) is 4. The Morgan fingerprint density at radius 3 is 1.72 bits per heavy atom. The van der Waals surface area contributed by atoms with E-state index in [-0.39, 0.29) is 5.56 Å². The first-order chi connectivity index (χ1) is 26.4. The Hall–Kier alpha value is -7.06. The molecule has 5 nitrogen and oxygen atoms in total. The maximum absolute atomic E-state index is 13.9. The van der Waals surface area contributed by atoms with Crippen molar-refractivity contribution in [2.45, 2.75) is 6.18 Å². The lowest BCUT2D eigenvalue weighted by molar-refractivity contribution is -0.137. The van der Waals surface area contributed by atoms with Crippen molar-refractivity contribution < 1.29 is 17.6 Å². The highest BCUT2D eigenvalue weighted by molar-refractivity contribution is 6.13. The summed E-state index contributed by atoms with van der Waals surface area (Å²) in [4.78, 5) is 14.9. The van der Waals surface area contributed by atoms with Gasteiger partial charge in [0.1, 0.15) is 11.2 Å². The third-order valence-electron chi connectivity index (χ3n) is 9.91. The van der Waals surface area contributed by atoms with Crippen molar-refractivity contribution in [3.63, 3.8) is 0 Å². The van der Waals surface area contributed by atoms with E-state index in [1.807, 2.05) is 54.6 Å². The summed E-state index contributed by atoms with van der Waals surface area (Å²) < 4.78 is 50.3. The molecule has 10 aromatic rings. The van der Waals surface area contributed by atoms with Crippen molar-refractivity contribution in [3.8, 4) is 51.0 Å². The van der Waals surface area contributed by atoms with Crippen molar-refractivity contribution >= 4 is 43.7 Å². The molecule has 54 heavy (non-hydrogen) atoms. The molecule has 0 unspecified atom stereocenters. The van der Waals surface area contributed by atoms with E-state index >= 15 is 0 Å². The Morgan fingerprint density at radius 2 is 1.02 bits per heavy atom. The molecule has 0 amide bonds. The molecule has 7 aromatic carbocycles. The lowest BCUT2D eigenvalue weighted by atomic mass is 9.98. The molecule has 0 saturated carbocycles. The van der Waals surface area contributed by atoms with Crippen LogP contribution in [0.25, 0.3) is 94.7 Å². The average Bonchev–Trinajstić information content (AvgIpc) is 3.76. The van der Waals surface area contributed by atoms with Gasteiger partial charge in [0.25, 0.3) is 0 Å². The predicted octanol–water partition coefficient (Wildman–Crippen LogP) is 12.6. The highest BCUT2D eigenvalue weighted by Gasteiger charge is 2.33. The largest absolute Gasteiger partial charge is 0.456 e. The van der Waals surface area contributed by atoms with Crippen LogP contribution in [-0.4, -0.2) is 19.5 Å². The number of fused-ring (bicyclic) bond motifs is 6. The summed E-state index contributed by atoms with van der Waals surface area (Å²) in [6.07, 6.45) is -4.48. The van der Waals surface area contributed by atoms with Crippen LogP contribution in [0.15, 0.2) is 168 Å². The van der Waals surface area contributed by atoms with Crippen LogP contribution in [0.3, 0.4) is 0 Å². The van der Waals surface area contributed by atoms with E-state index in [1.54, 1.807) is 30.3 Å². The number of para-hydroxylation sites is 2. The molecule has 0 atom stereocenters. The zero-order valence-corrected chi connectivity index (χ0v) is 28.4. The number of hydrogen-bond donors (Lipinski definition) is 0. The summed E-state index contributed by atoms with van der Waals surface area (Å²) in [6.45, 7) is 0. The number of alkyl halides is 3. The molecule has 0 bridgehead atoms. The summed E-state index contributed by atoms with van der Waals surface area (Å²) in [5.41, 5.74) is 6.70. The molecule has 8 heteroatoms. The van der Waals surface area contributed by atoms with Crippen LogP contribution in [0.2, 0.25) is 0 Å². The van der Waals surface area contributed by atoms with Crippen molar-refractivity contribution in [1.29, 1.82) is 0 Å². The van der Waals surface area contributed by atoms with Gasteiger partial charge in [0.05, 0.1) is 16.6 Å². The average molecular weight is 709 g/mol. The normalized spacial score (nSPS) is 12.0. The van der Waals surface area contributed by atoms with Crippen LogP contribution in [0.1, 0.15) is 5.56 Å². The predicted molar refractivity (Wildman–Crippen MR) is 208 cm³/mol. The quantitative estimate of drug-likeness (QED) is 0.179. The van der Waals surface area contributed by atoms with Crippen molar-refractivity contribution in [3.05, 3.63) is 169 Å². The maximum atomic E-state index is 13.9. The first kappa shape index (κ1) is 31.7. The standard InChI is InChI=1S/C46H27F3N4O/c47-46(48,49)37-17-7-4-13-32(37)28-21-23-30(24-22-28)44-50-43(29-11-2-1-3-12-29)51-45(52-44)35-16-10-20-41-42(35)36-27-31(25-26-40(36)54-41)53-38-18-8-5-14-33(38)34-15-6-9-19-39(34)53/h1-27H. The topological polar surface area (TPSA) is 56.7 Å². The Labute approximate surface area is 306 Å². The molecule has 3 aromatic heterocycles. The summed E-state index contributed by atoms with van der Waals surface area (Å²) in [5.74, 6) is 1.31. The van der Waals surface area contributed by atoms with Crippen LogP contribution < -0.4 is 0 Å². The first-order valence-electron chi connectivity index (χ1n) is 17.4. The molecule has 0 N–H and O–H groups in total. The number of furan rings is 1. The van der Waals surface area contributed by atoms with Crippen molar-refractivity contribution in [2.24, 2.45) is 0 Å². The van der Waals surface area contributed by atoms with E-state index in [4.69, 9.17) is 19.4 Å². The molecular formula is C46H27F3N4O. The molecular weight excluding hydrogens is 682 g/mol. The smallest absolute Gasteiger partial charge is 0.417 e. The van der Waals surface area contributed by atoms with E-state index in [9.17, 15) is 13.2 Å². The second kappa shape index (κ2) is 12.3. The Bertz CT molecular complexity index is 2980. The second-order valence-electron chi connectivity index (χ2n) is 13.1. The van der Waals surface area contributed by atoms with Crippen molar-refractivity contribution in [1.82, 2.24) is 19.5 Å². The summed E-state index contributed by atoms with van der Waals surface area (Å²) in [5, 5.41) is 4.13. The molecule has 0 aliphatic heterocycles. The second-order valence-corrected chi connectivity index (χ2v) is 13.1. The molecule has 0 saturated heterocycles. The molecule has 0 spiro atoms. The molecule has 0 fully saturated rings. The Kier molecular flexibility index (Phi) is 7.20. The van der Waals surface area contributed by atoms with E-state index in [0.29, 0.717) is 34.2 Å². The zero-order valence-electron chi connectivity index (χ0n) is 28.4. The minimum absolute atomic E-state index is 0.108. The van der Waals surface area contributed by atoms with Crippen LogP contribution >= 0.6 is 0 Å². The number of rotatable bonds is 5. The minimum Gasteiger partial charge on any atom is -0.456 e. The fraction of sp³-hybridized carbons (Fsp3) is 0.0217. The summed E-state index contributed by atoms with van der Waals surface area (Å²) in [6, 6.07) is 51.0. The van der Waals surface area contributed by atoms with Gasteiger partial charge in [0, 0.05) is 43.9 Å². The third-order valence-corrected chi connectivity index (χ3v) is 9.91.